The molecule has 0 aromatic heterocycles. The minimum atomic E-state index is 0.480. The molecule has 0 aliphatic carbocycles. The molecule has 1 aromatic rings. The Balaban J connectivity index is 3.17. The summed E-state index contributed by atoms with van der Waals surface area (Å²) in [7, 11) is 1.59. The third-order valence-corrected chi connectivity index (χ3v) is 2.51. The zero-order chi connectivity index (χ0) is 10.6. The lowest BCUT2D eigenvalue weighted by Gasteiger charge is -2.04. The molecule has 0 saturated heterocycles. The van der Waals surface area contributed by atoms with E-state index in [9.17, 15) is 4.79 Å². The number of methoxy groups -OCH3 is 1. The van der Waals surface area contributed by atoms with Crippen LogP contribution in [0.5, 0.6) is 5.75 Å². The minimum absolute atomic E-state index is 0.480. The highest BCUT2D eigenvalue weighted by molar-refractivity contribution is 9.12. The van der Waals surface area contributed by atoms with E-state index in [1.54, 1.807) is 13.2 Å². The van der Waals surface area contributed by atoms with Crippen LogP contribution in [0.3, 0.4) is 0 Å². The Morgan fingerprint density at radius 2 is 2.21 bits per heavy atom. The molecule has 0 aliphatic rings. The molecule has 0 unspecified atom stereocenters. The van der Waals surface area contributed by atoms with Crippen LogP contribution in [-0.4, -0.2) is 13.4 Å². The van der Waals surface area contributed by atoms with Crippen LogP contribution in [0.25, 0.3) is 6.08 Å². The van der Waals surface area contributed by atoms with Gasteiger partial charge in [0.25, 0.3) is 0 Å². The first-order chi connectivity index (χ1) is 6.67. The van der Waals surface area contributed by atoms with Crippen molar-refractivity contribution in [2.75, 3.05) is 7.11 Å². The summed E-state index contributed by atoms with van der Waals surface area (Å²) < 4.78 is 6.56. The third kappa shape index (κ3) is 2.96. The van der Waals surface area contributed by atoms with Gasteiger partial charge in [-0.2, -0.15) is 0 Å². The highest BCUT2D eigenvalue weighted by Crippen LogP contribution is 2.25. The van der Waals surface area contributed by atoms with Gasteiger partial charge in [-0.1, -0.05) is 15.9 Å². The van der Waals surface area contributed by atoms with Gasteiger partial charge < -0.3 is 4.74 Å². The predicted molar refractivity (Wildman–Crippen MR) is 63.7 cm³/mol. The number of aldehydes is 1. The van der Waals surface area contributed by atoms with Gasteiger partial charge in [-0.25, -0.2) is 0 Å². The van der Waals surface area contributed by atoms with E-state index >= 15 is 0 Å². The molecule has 4 heteroatoms. The van der Waals surface area contributed by atoms with Crippen molar-refractivity contribution in [1.82, 2.24) is 0 Å². The third-order valence-electron chi connectivity index (χ3n) is 1.60. The van der Waals surface area contributed by atoms with Gasteiger partial charge >= 0.3 is 0 Å². The van der Waals surface area contributed by atoms with Gasteiger partial charge in [0.05, 0.1) is 11.6 Å². The zero-order valence-electron chi connectivity index (χ0n) is 7.46. The van der Waals surface area contributed by atoms with Crippen LogP contribution >= 0.6 is 31.9 Å². The van der Waals surface area contributed by atoms with E-state index in [-0.39, 0.29) is 0 Å². The molecule has 0 fully saturated rings. The SMILES string of the molecule is COc1ccc(Br)cc1/C=C(\Br)C=O. The number of carbonyl (C=O) groups is 1. The van der Waals surface area contributed by atoms with Crippen LogP contribution in [0.15, 0.2) is 27.2 Å². The first-order valence-corrected chi connectivity index (χ1v) is 5.42. The number of ether oxygens (including phenoxy) is 1. The summed E-state index contributed by atoms with van der Waals surface area (Å²) in [5, 5.41) is 0. The second-order valence-electron chi connectivity index (χ2n) is 2.53. The van der Waals surface area contributed by atoms with Crippen LogP contribution in [0.4, 0.5) is 0 Å². The fraction of sp³-hybridized carbons (Fsp3) is 0.100. The van der Waals surface area contributed by atoms with Crippen LogP contribution < -0.4 is 4.74 Å². The van der Waals surface area contributed by atoms with Gasteiger partial charge in [0.1, 0.15) is 5.75 Å². The van der Waals surface area contributed by atoms with Crippen LogP contribution in [0.2, 0.25) is 0 Å². The summed E-state index contributed by atoms with van der Waals surface area (Å²) in [5.41, 5.74) is 0.848. The van der Waals surface area contributed by atoms with Crippen molar-refractivity contribution < 1.29 is 9.53 Å². The van der Waals surface area contributed by atoms with Crippen LogP contribution in [-0.2, 0) is 4.79 Å². The van der Waals surface area contributed by atoms with Crippen molar-refractivity contribution in [2.45, 2.75) is 0 Å². The van der Waals surface area contributed by atoms with Gasteiger partial charge in [-0.3, -0.25) is 4.79 Å². The Labute approximate surface area is 99.2 Å². The first kappa shape index (κ1) is 11.5. The van der Waals surface area contributed by atoms with Gasteiger partial charge in [-0.15, -0.1) is 0 Å². The fourth-order valence-electron chi connectivity index (χ4n) is 1.00. The number of carbonyl (C=O) groups excluding carboxylic acids is 1. The maximum atomic E-state index is 10.4. The molecule has 2 nitrogen and oxygen atoms in total. The molecule has 0 heterocycles. The van der Waals surface area contributed by atoms with Crippen molar-refractivity contribution in [3.63, 3.8) is 0 Å². The number of hydrogen-bond donors (Lipinski definition) is 0. The maximum absolute atomic E-state index is 10.4. The summed E-state index contributed by atoms with van der Waals surface area (Å²) in [4.78, 5) is 10.4. The van der Waals surface area contributed by atoms with Gasteiger partial charge in [-0.05, 0) is 40.2 Å². The Bertz CT molecular complexity index is 372. The lowest BCUT2D eigenvalue weighted by atomic mass is 10.2. The van der Waals surface area contributed by atoms with Crippen LogP contribution in [0.1, 0.15) is 5.56 Å². The Kier molecular flexibility index (Phi) is 4.35. The van der Waals surface area contributed by atoms with E-state index in [0.29, 0.717) is 4.48 Å². The molecular formula is C10H8Br2O2. The second kappa shape index (κ2) is 5.32. The second-order valence-corrected chi connectivity index (χ2v) is 4.36. The summed E-state index contributed by atoms with van der Waals surface area (Å²) >= 11 is 6.47. The Hall–Kier alpha value is -0.610. The minimum Gasteiger partial charge on any atom is -0.496 e. The van der Waals surface area contributed by atoms with E-state index in [1.165, 1.54) is 0 Å². The van der Waals surface area contributed by atoms with Gasteiger partial charge in [0.15, 0.2) is 6.29 Å². The summed E-state index contributed by atoms with van der Waals surface area (Å²) in [6.07, 6.45) is 2.44. The number of hydrogen-bond acceptors (Lipinski definition) is 2. The average Bonchev–Trinajstić information content (AvgIpc) is 2.18. The Morgan fingerprint density at radius 1 is 1.50 bits per heavy atom. The highest BCUT2D eigenvalue weighted by atomic mass is 79.9. The van der Waals surface area contributed by atoms with E-state index in [1.807, 2.05) is 18.2 Å². The standard InChI is InChI=1S/C10H8Br2O2/c1-14-10-3-2-8(11)4-7(10)5-9(12)6-13/h2-6H,1H3/b9-5-. The van der Waals surface area contributed by atoms with Crippen molar-refractivity contribution in [1.29, 1.82) is 0 Å². The molecule has 0 aliphatic heterocycles. The van der Waals surface area contributed by atoms with Crippen molar-refractivity contribution in [3.8, 4) is 5.75 Å². The number of halogens is 2. The van der Waals surface area contributed by atoms with Crippen molar-refractivity contribution in [3.05, 3.63) is 32.7 Å². The molecular weight excluding hydrogens is 312 g/mol. The highest BCUT2D eigenvalue weighted by Gasteiger charge is 2.01. The van der Waals surface area contributed by atoms with Crippen LogP contribution in [0, 0.1) is 0 Å². The summed E-state index contributed by atoms with van der Waals surface area (Å²) in [6, 6.07) is 5.59. The molecule has 1 aromatic carbocycles. The van der Waals surface area contributed by atoms with Crippen molar-refractivity contribution >= 4 is 44.2 Å². The lowest BCUT2D eigenvalue weighted by molar-refractivity contribution is -0.104. The predicted octanol–water partition coefficient (Wildman–Crippen LogP) is 3.39. The summed E-state index contributed by atoms with van der Waals surface area (Å²) in [5.74, 6) is 0.729. The van der Waals surface area contributed by atoms with E-state index in [4.69, 9.17) is 4.74 Å². The molecule has 14 heavy (non-hydrogen) atoms. The maximum Gasteiger partial charge on any atom is 0.157 e. The average molecular weight is 320 g/mol. The first-order valence-electron chi connectivity index (χ1n) is 3.83. The lowest BCUT2D eigenvalue weighted by Crippen LogP contribution is -1.87. The number of allylic oxidation sites excluding steroid dienone is 1. The number of benzene rings is 1. The molecule has 0 spiro atoms. The molecule has 0 bridgehead atoms. The smallest absolute Gasteiger partial charge is 0.157 e. The van der Waals surface area contributed by atoms with Gasteiger partial charge in [0, 0.05) is 10.0 Å². The van der Waals surface area contributed by atoms with E-state index in [2.05, 4.69) is 31.9 Å². The molecule has 0 saturated carbocycles. The van der Waals surface area contributed by atoms with E-state index in [0.717, 1.165) is 22.1 Å². The molecule has 1 rings (SSSR count). The summed E-state index contributed by atoms with van der Waals surface area (Å²) in [6.45, 7) is 0. The topological polar surface area (TPSA) is 26.3 Å². The molecule has 0 atom stereocenters. The Morgan fingerprint density at radius 3 is 2.79 bits per heavy atom. The zero-order valence-corrected chi connectivity index (χ0v) is 10.6. The van der Waals surface area contributed by atoms with Crippen molar-refractivity contribution in [2.24, 2.45) is 0 Å². The molecule has 0 radical (unpaired) electrons. The molecule has 74 valence electrons. The monoisotopic (exact) mass is 318 g/mol. The number of rotatable bonds is 3. The van der Waals surface area contributed by atoms with E-state index < -0.39 is 0 Å². The quantitative estimate of drug-likeness (QED) is 0.630. The largest absolute Gasteiger partial charge is 0.496 e. The van der Waals surface area contributed by atoms with Gasteiger partial charge in [0.2, 0.25) is 0 Å². The molecule has 0 amide bonds. The fourth-order valence-corrected chi connectivity index (χ4v) is 1.63. The molecule has 0 N–H and O–H groups in total. The normalized spacial score (nSPS) is 11.2.